The lowest BCUT2D eigenvalue weighted by Crippen LogP contribution is -2.35. The average molecular weight is 307 g/mol. The van der Waals surface area contributed by atoms with Crippen LogP contribution in [-0.2, 0) is 10.0 Å². The van der Waals surface area contributed by atoms with E-state index in [0.29, 0.717) is 13.0 Å². The largest absolute Gasteiger partial charge is 0.399 e. The van der Waals surface area contributed by atoms with E-state index in [9.17, 15) is 12.8 Å². The second-order valence-corrected chi connectivity index (χ2v) is 6.90. The van der Waals surface area contributed by atoms with E-state index in [0.717, 1.165) is 18.9 Å². The Balaban J connectivity index is 2.51. The molecule has 1 atom stereocenters. The molecule has 0 radical (unpaired) electrons. The fourth-order valence-electron chi connectivity index (χ4n) is 2.43. The molecule has 0 aromatic heterocycles. The van der Waals surface area contributed by atoms with Gasteiger partial charge in [0.2, 0.25) is 10.0 Å². The van der Waals surface area contributed by atoms with Gasteiger partial charge in [0.05, 0.1) is 5.02 Å². The summed E-state index contributed by atoms with van der Waals surface area (Å²) in [5.74, 6) is -0.933. The van der Waals surface area contributed by atoms with Crippen molar-refractivity contribution >= 4 is 27.3 Å². The number of nitrogens with two attached hydrogens (primary N) is 1. The molecule has 1 heterocycles. The van der Waals surface area contributed by atoms with Crippen molar-refractivity contribution in [3.63, 3.8) is 0 Å². The van der Waals surface area contributed by atoms with Gasteiger partial charge in [-0.2, -0.15) is 4.31 Å². The molecule has 4 nitrogen and oxygen atoms in total. The molecule has 1 aliphatic heterocycles. The number of anilines is 1. The first-order chi connectivity index (χ1) is 8.87. The molecule has 0 saturated carbocycles. The maximum atomic E-state index is 14.0. The summed E-state index contributed by atoms with van der Waals surface area (Å²) in [7, 11) is -3.88. The highest BCUT2D eigenvalue weighted by atomic mass is 35.5. The van der Waals surface area contributed by atoms with E-state index in [2.05, 4.69) is 0 Å². The number of hydrogen-bond donors (Lipinski definition) is 1. The van der Waals surface area contributed by atoms with Crippen LogP contribution in [0, 0.1) is 5.82 Å². The summed E-state index contributed by atoms with van der Waals surface area (Å²) in [4.78, 5) is -0.433. The predicted molar refractivity (Wildman–Crippen MR) is 73.0 cm³/mol. The molecule has 1 aliphatic rings. The van der Waals surface area contributed by atoms with Gasteiger partial charge in [0.25, 0.3) is 0 Å². The SMILES string of the molecule is CCC1CCCN1S(=O)(=O)c1cc(N)cc(Cl)c1F. The number of benzene rings is 1. The van der Waals surface area contributed by atoms with Crippen molar-refractivity contribution < 1.29 is 12.8 Å². The van der Waals surface area contributed by atoms with Crippen LogP contribution >= 0.6 is 11.6 Å². The molecule has 0 bridgehead atoms. The highest BCUT2D eigenvalue weighted by molar-refractivity contribution is 7.89. The molecule has 2 N–H and O–H groups in total. The molecule has 106 valence electrons. The second-order valence-electron chi connectivity index (χ2n) is 4.63. The van der Waals surface area contributed by atoms with Crippen molar-refractivity contribution in [3.8, 4) is 0 Å². The molecule has 0 amide bonds. The van der Waals surface area contributed by atoms with E-state index in [-0.39, 0.29) is 16.8 Å². The lowest BCUT2D eigenvalue weighted by molar-refractivity contribution is 0.377. The molecular weight excluding hydrogens is 291 g/mol. The van der Waals surface area contributed by atoms with Gasteiger partial charge in [-0.15, -0.1) is 0 Å². The summed E-state index contributed by atoms with van der Waals surface area (Å²) in [5.41, 5.74) is 5.69. The molecule has 1 fully saturated rings. The standard InChI is InChI=1S/C12H16ClFN2O2S/c1-2-9-4-3-5-16(9)19(17,18)11-7-8(15)6-10(13)12(11)14/h6-7,9H,2-5,15H2,1H3. The summed E-state index contributed by atoms with van der Waals surface area (Å²) >= 11 is 5.66. The third kappa shape index (κ3) is 2.57. The molecule has 0 aliphatic carbocycles. The third-order valence-corrected chi connectivity index (χ3v) is 5.62. The van der Waals surface area contributed by atoms with Gasteiger partial charge in [0, 0.05) is 18.3 Å². The Morgan fingerprint density at radius 3 is 2.84 bits per heavy atom. The van der Waals surface area contributed by atoms with Crippen LogP contribution in [0.3, 0.4) is 0 Å². The lowest BCUT2D eigenvalue weighted by Gasteiger charge is -2.23. The average Bonchev–Trinajstić information content (AvgIpc) is 2.82. The molecule has 0 spiro atoms. The molecular formula is C12H16ClFN2O2S. The Bertz CT molecular complexity index is 592. The van der Waals surface area contributed by atoms with Gasteiger partial charge in [-0.3, -0.25) is 0 Å². The molecule has 1 unspecified atom stereocenters. The summed E-state index contributed by atoms with van der Waals surface area (Å²) in [6, 6.07) is 2.25. The lowest BCUT2D eigenvalue weighted by atomic mass is 10.2. The fraction of sp³-hybridized carbons (Fsp3) is 0.500. The Morgan fingerprint density at radius 1 is 1.53 bits per heavy atom. The first-order valence-electron chi connectivity index (χ1n) is 6.14. The van der Waals surface area contributed by atoms with Gasteiger partial charge < -0.3 is 5.73 Å². The monoisotopic (exact) mass is 306 g/mol. The van der Waals surface area contributed by atoms with E-state index in [1.807, 2.05) is 6.92 Å². The topological polar surface area (TPSA) is 63.4 Å². The van der Waals surface area contributed by atoms with Crippen LogP contribution in [0.1, 0.15) is 26.2 Å². The van der Waals surface area contributed by atoms with Crippen molar-refractivity contribution in [1.29, 1.82) is 0 Å². The summed E-state index contributed by atoms with van der Waals surface area (Å²) in [5, 5.41) is -0.272. The van der Waals surface area contributed by atoms with Gasteiger partial charge in [0.1, 0.15) is 4.90 Å². The smallest absolute Gasteiger partial charge is 0.246 e. The molecule has 7 heteroatoms. The van der Waals surface area contributed by atoms with Crippen molar-refractivity contribution in [2.45, 2.75) is 37.1 Å². The first kappa shape index (κ1) is 14.6. The highest BCUT2D eigenvalue weighted by Gasteiger charge is 2.36. The third-order valence-electron chi connectivity index (χ3n) is 3.40. The number of halogens is 2. The minimum absolute atomic E-state index is 0.0791. The van der Waals surface area contributed by atoms with Gasteiger partial charge in [0.15, 0.2) is 5.82 Å². The quantitative estimate of drug-likeness (QED) is 0.873. The normalized spacial score (nSPS) is 20.9. The van der Waals surface area contributed by atoms with Crippen LogP contribution < -0.4 is 5.73 Å². The van der Waals surface area contributed by atoms with Gasteiger partial charge in [-0.1, -0.05) is 18.5 Å². The maximum Gasteiger partial charge on any atom is 0.246 e. The Morgan fingerprint density at radius 2 is 2.21 bits per heavy atom. The first-order valence-corrected chi connectivity index (χ1v) is 7.96. The minimum atomic E-state index is -3.88. The molecule has 1 aromatic rings. The van der Waals surface area contributed by atoms with E-state index in [1.54, 1.807) is 0 Å². The molecule has 2 rings (SSSR count). The van der Waals surface area contributed by atoms with Crippen molar-refractivity contribution in [2.24, 2.45) is 0 Å². The Hall–Kier alpha value is -0.850. The Labute approximate surface area is 117 Å². The Kier molecular flexibility index (Phi) is 4.03. The van der Waals surface area contributed by atoms with Gasteiger partial charge >= 0.3 is 0 Å². The van der Waals surface area contributed by atoms with Crippen LogP contribution in [0.25, 0.3) is 0 Å². The number of nitrogens with zero attached hydrogens (tertiary/aromatic N) is 1. The number of hydrogen-bond acceptors (Lipinski definition) is 3. The summed E-state index contributed by atoms with van der Waals surface area (Å²) < 4.78 is 40.3. The molecule has 19 heavy (non-hydrogen) atoms. The molecule has 1 aromatic carbocycles. The predicted octanol–water partition coefficient (Wildman–Crippen LogP) is 2.62. The van der Waals surface area contributed by atoms with Crippen LogP contribution in [0.4, 0.5) is 10.1 Å². The van der Waals surface area contributed by atoms with Gasteiger partial charge in [-0.05, 0) is 31.4 Å². The zero-order valence-corrected chi connectivity index (χ0v) is 12.1. The fourth-order valence-corrected chi connectivity index (χ4v) is 4.61. The van der Waals surface area contributed by atoms with Crippen LogP contribution in [0.2, 0.25) is 5.02 Å². The van der Waals surface area contributed by atoms with Crippen molar-refractivity contribution in [1.82, 2.24) is 4.31 Å². The second kappa shape index (κ2) is 5.26. The van der Waals surface area contributed by atoms with Crippen molar-refractivity contribution in [2.75, 3.05) is 12.3 Å². The maximum absolute atomic E-state index is 14.0. The van der Waals surface area contributed by atoms with E-state index in [1.165, 1.54) is 10.4 Å². The van der Waals surface area contributed by atoms with Gasteiger partial charge in [-0.25, -0.2) is 12.8 Å². The zero-order valence-electron chi connectivity index (χ0n) is 10.6. The van der Waals surface area contributed by atoms with Crippen LogP contribution in [-0.4, -0.2) is 25.3 Å². The van der Waals surface area contributed by atoms with Crippen LogP contribution in [0.5, 0.6) is 0 Å². The molecule has 1 saturated heterocycles. The number of rotatable bonds is 3. The summed E-state index contributed by atoms with van der Waals surface area (Å²) in [6.45, 7) is 2.33. The highest BCUT2D eigenvalue weighted by Crippen LogP contribution is 2.32. The van der Waals surface area contributed by atoms with Crippen LogP contribution in [0.15, 0.2) is 17.0 Å². The minimum Gasteiger partial charge on any atom is -0.399 e. The summed E-state index contributed by atoms with van der Waals surface area (Å²) in [6.07, 6.45) is 2.29. The van der Waals surface area contributed by atoms with E-state index >= 15 is 0 Å². The number of sulfonamides is 1. The van der Waals surface area contributed by atoms with E-state index in [4.69, 9.17) is 17.3 Å². The zero-order chi connectivity index (χ0) is 14.2. The number of nitrogen functional groups attached to an aromatic ring is 1. The van der Waals surface area contributed by atoms with E-state index < -0.39 is 20.7 Å². The van der Waals surface area contributed by atoms with Crippen molar-refractivity contribution in [3.05, 3.63) is 23.0 Å².